The summed E-state index contributed by atoms with van der Waals surface area (Å²) in [6.45, 7) is 1.74. The number of benzene rings is 2. The lowest BCUT2D eigenvalue weighted by atomic mass is 9.97. The SMILES string of the molecule is CC(C(=O)Nc1ccc(Cl)cc1)n1c(-c2ccccc2)nc2sc3c(c2c1=O)CCCC3. The molecule has 0 spiro atoms. The lowest BCUT2D eigenvalue weighted by molar-refractivity contribution is -0.118. The fraction of sp³-hybridized carbons (Fsp3) is 0.240. The maximum Gasteiger partial charge on any atom is 0.263 e. The van der Waals surface area contributed by atoms with Crippen LogP contribution in [0.1, 0.15) is 36.2 Å². The lowest BCUT2D eigenvalue weighted by Gasteiger charge is -2.19. The van der Waals surface area contributed by atoms with Crippen LogP contribution in [0, 0.1) is 0 Å². The molecule has 1 aliphatic carbocycles. The van der Waals surface area contributed by atoms with Gasteiger partial charge in [0.1, 0.15) is 16.7 Å². The number of nitrogens with zero attached hydrogens (tertiary/aromatic N) is 2. The lowest BCUT2D eigenvalue weighted by Crippen LogP contribution is -2.33. The highest BCUT2D eigenvalue weighted by atomic mass is 35.5. The van der Waals surface area contributed by atoms with Crippen LogP contribution in [0.3, 0.4) is 0 Å². The van der Waals surface area contributed by atoms with Crippen LogP contribution in [0.4, 0.5) is 5.69 Å². The first-order valence-corrected chi connectivity index (χ1v) is 11.9. The number of amides is 1. The van der Waals surface area contributed by atoms with Crippen LogP contribution in [-0.2, 0) is 17.6 Å². The monoisotopic (exact) mass is 463 g/mol. The van der Waals surface area contributed by atoms with Crippen LogP contribution in [0.5, 0.6) is 0 Å². The molecule has 5 nitrogen and oxygen atoms in total. The summed E-state index contributed by atoms with van der Waals surface area (Å²) in [7, 11) is 0. The van der Waals surface area contributed by atoms with Crippen LogP contribution in [0.25, 0.3) is 21.6 Å². The highest BCUT2D eigenvalue weighted by Gasteiger charge is 2.27. The van der Waals surface area contributed by atoms with Gasteiger partial charge in [-0.15, -0.1) is 11.3 Å². The number of aryl methyl sites for hydroxylation is 2. The first-order chi connectivity index (χ1) is 15.5. The Hall–Kier alpha value is -2.96. The largest absolute Gasteiger partial charge is 0.324 e. The van der Waals surface area contributed by atoms with Gasteiger partial charge in [0.25, 0.3) is 5.56 Å². The molecular weight excluding hydrogens is 442 g/mol. The van der Waals surface area contributed by atoms with E-state index in [1.165, 1.54) is 4.88 Å². The number of rotatable bonds is 4. The normalized spacial score (nSPS) is 14.2. The van der Waals surface area contributed by atoms with Crippen molar-refractivity contribution in [2.45, 2.75) is 38.6 Å². The number of fused-ring (bicyclic) bond motifs is 3. The Bertz CT molecular complexity index is 1360. The highest BCUT2D eigenvalue weighted by molar-refractivity contribution is 7.18. The third-order valence-corrected chi connectivity index (χ3v) is 7.37. The van der Waals surface area contributed by atoms with Crippen molar-refractivity contribution < 1.29 is 4.79 Å². The van der Waals surface area contributed by atoms with Crippen LogP contribution >= 0.6 is 22.9 Å². The molecule has 1 unspecified atom stereocenters. The molecular formula is C25H22ClN3O2S. The van der Waals surface area contributed by atoms with E-state index < -0.39 is 6.04 Å². The van der Waals surface area contributed by atoms with Gasteiger partial charge < -0.3 is 5.32 Å². The van der Waals surface area contributed by atoms with Crippen molar-refractivity contribution >= 4 is 44.7 Å². The Morgan fingerprint density at radius 1 is 1.09 bits per heavy atom. The number of anilines is 1. The molecule has 1 amide bonds. The average molecular weight is 464 g/mol. The molecule has 1 atom stereocenters. The fourth-order valence-electron chi connectivity index (χ4n) is 4.26. The Morgan fingerprint density at radius 3 is 2.56 bits per heavy atom. The molecule has 2 aromatic heterocycles. The number of hydrogen-bond acceptors (Lipinski definition) is 4. The van der Waals surface area contributed by atoms with Gasteiger partial charge >= 0.3 is 0 Å². The number of halogens is 1. The summed E-state index contributed by atoms with van der Waals surface area (Å²) in [5.41, 5.74) is 2.41. The molecule has 0 saturated carbocycles. The number of carbonyl (C=O) groups is 1. The summed E-state index contributed by atoms with van der Waals surface area (Å²) in [6, 6.07) is 15.7. The Balaban J connectivity index is 1.65. The van der Waals surface area contributed by atoms with Gasteiger partial charge in [0, 0.05) is 21.2 Å². The molecule has 162 valence electrons. The van der Waals surface area contributed by atoms with Gasteiger partial charge in [-0.1, -0.05) is 41.9 Å². The van der Waals surface area contributed by atoms with Crippen molar-refractivity contribution in [3.05, 3.63) is 80.4 Å². The van der Waals surface area contributed by atoms with Crippen molar-refractivity contribution in [3.63, 3.8) is 0 Å². The van der Waals surface area contributed by atoms with Gasteiger partial charge in [0.2, 0.25) is 5.91 Å². The molecule has 0 fully saturated rings. The summed E-state index contributed by atoms with van der Waals surface area (Å²) < 4.78 is 1.55. The zero-order chi connectivity index (χ0) is 22.2. The molecule has 0 saturated heterocycles. The summed E-state index contributed by atoms with van der Waals surface area (Å²) in [4.78, 5) is 33.9. The number of carbonyl (C=O) groups excluding carboxylic acids is 1. The van der Waals surface area contributed by atoms with Gasteiger partial charge in [-0.2, -0.15) is 0 Å². The van der Waals surface area contributed by atoms with E-state index in [4.69, 9.17) is 16.6 Å². The third kappa shape index (κ3) is 3.74. The smallest absolute Gasteiger partial charge is 0.263 e. The molecule has 4 aromatic rings. The van der Waals surface area contributed by atoms with Gasteiger partial charge in [0.15, 0.2) is 0 Å². The van der Waals surface area contributed by atoms with Gasteiger partial charge in [-0.05, 0) is 62.4 Å². The number of hydrogen-bond donors (Lipinski definition) is 1. The average Bonchev–Trinajstić information content (AvgIpc) is 3.19. The molecule has 2 aromatic carbocycles. The van der Waals surface area contributed by atoms with E-state index in [9.17, 15) is 9.59 Å². The molecule has 5 rings (SSSR count). The predicted octanol–water partition coefficient (Wildman–Crippen LogP) is 5.86. The maximum absolute atomic E-state index is 13.8. The Labute approximate surface area is 194 Å². The van der Waals surface area contributed by atoms with E-state index in [1.807, 2.05) is 30.3 Å². The molecule has 7 heteroatoms. The Morgan fingerprint density at radius 2 is 1.81 bits per heavy atom. The molecule has 0 radical (unpaired) electrons. The molecule has 1 N–H and O–H groups in total. The summed E-state index contributed by atoms with van der Waals surface area (Å²) in [5, 5.41) is 4.16. The first-order valence-electron chi connectivity index (χ1n) is 10.7. The molecule has 0 bridgehead atoms. The molecule has 2 heterocycles. The quantitative estimate of drug-likeness (QED) is 0.412. The predicted molar refractivity (Wildman–Crippen MR) is 131 cm³/mol. The van der Waals surface area contributed by atoms with Crippen LogP contribution < -0.4 is 10.9 Å². The summed E-state index contributed by atoms with van der Waals surface area (Å²) in [6.07, 6.45) is 4.09. The Kier molecular flexibility index (Phi) is 5.57. The van der Waals surface area contributed by atoms with E-state index in [1.54, 1.807) is 47.1 Å². The van der Waals surface area contributed by atoms with E-state index in [2.05, 4.69) is 5.32 Å². The zero-order valence-corrected chi connectivity index (χ0v) is 19.2. The molecule has 32 heavy (non-hydrogen) atoms. The van der Waals surface area contributed by atoms with E-state index in [-0.39, 0.29) is 11.5 Å². The topological polar surface area (TPSA) is 64.0 Å². The van der Waals surface area contributed by atoms with Crippen LogP contribution in [-0.4, -0.2) is 15.5 Å². The van der Waals surface area contributed by atoms with E-state index >= 15 is 0 Å². The number of nitrogens with one attached hydrogen (secondary N) is 1. The van der Waals surface area contributed by atoms with E-state index in [0.29, 0.717) is 21.9 Å². The highest BCUT2D eigenvalue weighted by Crippen LogP contribution is 2.35. The third-order valence-electron chi connectivity index (χ3n) is 5.93. The fourth-order valence-corrected chi connectivity index (χ4v) is 5.64. The minimum Gasteiger partial charge on any atom is -0.324 e. The van der Waals surface area contributed by atoms with Crippen LogP contribution in [0.15, 0.2) is 59.4 Å². The second-order valence-corrected chi connectivity index (χ2v) is 9.56. The van der Waals surface area contributed by atoms with Gasteiger partial charge in [-0.25, -0.2) is 4.98 Å². The van der Waals surface area contributed by atoms with Crippen molar-refractivity contribution in [1.82, 2.24) is 9.55 Å². The van der Waals surface area contributed by atoms with Gasteiger partial charge in [0.05, 0.1) is 5.39 Å². The van der Waals surface area contributed by atoms with Gasteiger partial charge in [-0.3, -0.25) is 14.2 Å². The summed E-state index contributed by atoms with van der Waals surface area (Å²) >= 11 is 7.57. The maximum atomic E-state index is 13.8. The standard InChI is InChI=1S/C25H22ClN3O2S/c1-15(23(30)27-18-13-11-17(26)12-14-18)29-22(16-7-3-2-4-8-16)28-24-21(25(29)31)19-9-5-6-10-20(19)32-24/h2-4,7-8,11-15H,5-6,9-10H2,1H3,(H,27,30). The molecule has 0 aliphatic heterocycles. The van der Waals surface area contributed by atoms with Crippen LogP contribution in [0.2, 0.25) is 5.02 Å². The van der Waals surface area contributed by atoms with Crippen molar-refractivity contribution in [2.24, 2.45) is 0 Å². The number of aromatic nitrogens is 2. The zero-order valence-electron chi connectivity index (χ0n) is 17.6. The van der Waals surface area contributed by atoms with E-state index in [0.717, 1.165) is 41.6 Å². The van der Waals surface area contributed by atoms with Crippen molar-refractivity contribution in [1.29, 1.82) is 0 Å². The first kappa shape index (κ1) is 20.9. The molecule has 1 aliphatic rings. The summed E-state index contributed by atoms with van der Waals surface area (Å²) in [5.74, 6) is 0.234. The minimum absolute atomic E-state index is 0.146. The van der Waals surface area contributed by atoms with Crippen molar-refractivity contribution in [2.75, 3.05) is 5.32 Å². The number of thiophene rings is 1. The second-order valence-electron chi connectivity index (χ2n) is 8.04. The second kappa shape index (κ2) is 8.52. The minimum atomic E-state index is -0.746. The van der Waals surface area contributed by atoms with Crippen molar-refractivity contribution in [3.8, 4) is 11.4 Å².